The minimum absolute atomic E-state index is 0. The van der Waals surface area contributed by atoms with E-state index in [4.69, 9.17) is 0 Å². The van der Waals surface area contributed by atoms with Crippen LogP contribution in [0.3, 0.4) is 0 Å². The molecule has 8 heteroatoms. The van der Waals surface area contributed by atoms with Crippen molar-refractivity contribution >= 4 is 41.8 Å². The third kappa shape index (κ3) is 4.57. The molecule has 3 rings (SSSR count). The molecule has 2 atom stereocenters. The molecule has 138 valence electrons. The Morgan fingerprint density at radius 3 is 2.60 bits per heavy atom. The van der Waals surface area contributed by atoms with Gasteiger partial charge in [0.1, 0.15) is 11.3 Å². The summed E-state index contributed by atoms with van der Waals surface area (Å²) in [6.07, 6.45) is 0.865. The van der Waals surface area contributed by atoms with E-state index in [1.54, 1.807) is 0 Å². The van der Waals surface area contributed by atoms with Crippen molar-refractivity contribution in [1.82, 2.24) is 20.6 Å². The number of nitrogens with one attached hydrogen (secondary N) is 2. The van der Waals surface area contributed by atoms with Crippen LogP contribution in [0, 0.1) is 25.6 Å². The molecular weight excluding hydrogens is 366 g/mol. The van der Waals surface area contributed by atoms with E-state index >= 15 is 0 Å². The topological polar surface area (TPSA) is 66.9 Å². The number of aromatic nitrogens is 2. The zero-order valence-corrected chi connectivity index (χ0v) is 16.1. The fraction of sp³-hybridized carbons (Fsp3) is 0.471. The van der Waals surface area contributed by atoms with Crippen molar-refractivity contribution in [1.29, 1.82) is 0 Å². The highest BCUT2D eigenvalue weighted by atomic mass is 35.5. The highest BCUT2D eigenvalue weighted by molar-refractivity contribution is 6.04. The summed E-state index contributed by atoms with van der Waals surface area (Å²) < 4.78 is 13.9. The second kappa shape index (κ2) is 8.74. The number of carbonyl (C=O) groups excluding carboxylic acids is 1. The van der Waals surface area contributed by atoms with E-state index in [0.717, 1.165) is 30.9 Å². The highest BCUT2D eigenvalue weighted by Crippen LogP contribution is 2.20. The maximum absolute atomic E-state index is 13.9. The summed E-state index contributed by atoms with van der Waals surface area (Å²) in [5.41, 5.74) is 2.60. The molecule has 1 aliphatic heterocycles. The fourth-order valence-electron chi connectivity index (χ4n) is 2.95. The largest absolute Gasteiger partial charge is 0.349 e. The number of hydrogen-bond donors (Lipinski definition) is 2. The lowest BCUT2D eigenvalue weighted by molar-refractivity contribution is 0.0915. The molecule has 0 saturated carbocycles. The Hall–Kier alpha value is -1.50. The predicted molar refractivity (Wildman–Crippen MR) is 101 cm³/mol. The van der Waals surface area contributed by atoms with Crippen molar-refractivity contribution in [2.24, 2.45) is 5.92 Å². The summed E-state index contributed by atoms with van der Waals surface area (Å²) in [5, 5.41) is 6.32. The molecule has 0 radical (unpaired) electrons. The van der Waals surface area contributed by atoms with Gasteiger partial charge in [-0.1, -0.05) is 6.92 Å². The van der Waals surface area contributed by atoms with Gasteiger partial charge in [-0.2, -0.15) is 0 Å². The van der Waals surface area contributed by atoms with Crippen molar-refractivity contribution in [3.8, 4) is 0 Å². The second-order valence-electron chi connectivity index (χ2n) is 6.27. The van der Waals surface area contributed by atoms with Crippen LogP contribution in [0.15, 0.2) is 12.1 Å². The Labute approximate surface area is 159 Å². The van der Waals surface area contributed by atoms with Crippen LogP contribution in [0.4, 0.5) is 4.39 Å². The predicted octanol–water partition coefficient (Wildman–Crippen LogP) is 2.96. The average Bonchev–Trinajstić information content (AvgIpc) is 2.50. The van der Waals surface area contributed by atoms with E-state index in [0.29, 0.717) is 17.0 Å². The highest BCUT2D eigenvalue weighted by Gasteiger charge is 2.24. The molecule has 0 aliphatic carbocycles. The molecule has 0 bridgehead atoms. The molecule has 1 aliphatic rings. The SMILES string of the molecule is Cc1nc2cc(F)cc(C(=O)NC3CCNCC3C)c2nc1C.Cl.Cl. The summed E-state index contributed by atoms with van der Waals surface area (Å²) in [4.78, 5) is 21.5. The van der Waals surface area contributed by atoms with E-state index in [1.807, 2.05) is 13.8 Å². The van der Waals surface area contributed by atoms with Crippen LogP contribution in [0.5, 0.6) is 0 Å². The maximum Gasteiger partial charge on any atom is 0.253 e. The summed E-state index contributed by atoms with van der Waals surface area (Å²) >= 11 is 0. The number of nitrogens with zero attached hydrogens (tertiary/aromatic N) is 2. The Morgan fingerprint density at radius 1 is 1.24 bits per heavy atom. The normalized spacial score (nSPS) is 19.7. The van der Waals surface area contributed by atoms with Crippen LogP contribution < -0.4 is 10.6 Å². The van der Waals surface area contributed by atoms with Crippen molar-refractivity contribution in [3.63, 3.8) is 0 Å². The third-order valence-electron chi connectivity index (χ3n) is 4.49. The van der Waals surface area contributed by atoms with Crippen LogP contribution in [-0.4, -0.2) is 35.0 Å². The average molecular weight is 389 g/mol. The van der Waals surface area contributed by atoms with Gasteiger partial charge in [0.2, 0.25) is 0 Å². The van der Waals surface area contributed by atoms with E-state index in [9.17, 15) is 9.18 Å². The van der Waals surface area contributed by atoms with Gasteiger partial charge in [0.15, 0.2) is 0 Å². The lowest BCUT2D eigenvalue weighted by Crippen LogP contribution is -2.48. The van der Waals surface area contributed by atoms with E-state index in [-0.39, 0.29) is 42.3 Å². The molecular formula is C17H23Cl2FN4O. The van der Waals surface area contributed by atoms with Gasteiger partial charge in [-0.05, 0) is 45.3 Å². The van der Waals surface area contributed by atoms with Crippen molar-refractivity contribution in [2.45, 2.75) is 33.2 Å². The summed E-state index contributed by atoms with van der Waals surface area (Å²) in [6, 6.07) is 2.65. The van der Waals surface area contributed by atoms with E-state index < -0.39 is 5.82 Å². The minimum Gasteiger partial charge on any atom is -0.349 e. The number of aryl methyl sites for hydroxylation is 2. The summed E-state index contributed by atoms with van der Waals surface area (Å²) in [6.45, 7) is 7.49. The number of fused-ring (bicyclic) bond motifs is 1. The quantitative estimate of drug-likeness (QED) is 0.829. The Kier molecular flexibility index (Phi) is 7.53. The van der Waals surface area contributed by atoms with Gasteiger partial charge in [-0.15, -0.1) is 24.8 Å². The van der Waals surface area contributed by atoms with Crippen LogP contribution in [0.2, 0.25) is 0 Å². The standard InChI is InChI=1S/C17H21FN4O.2ClH/c1-9-8-19-5-4-14(9)22-17(23)13-6-12(18)7-15-16(13)21-11(3)10(2)20-15;;/h6-7,9,14,19H,4-5,8H2,1-3H3,(H,22,23);2*1H. The van der Waals surface area contributed by atoms with Gasteiger partial charge in [-0.25, -0.2) is 14.4 Å². The van der Waals surface area contributed by atoms with Gasteiger partial charge in [-0.3, -0.25) is 4.79 Å². The van der Waals surface area contributed by atoms with Crippen LogP contribution in [-0.2, 0) is 0 Å². The maximum atomic E-state index is 13.9. The monoisotopic (exact) mass is 388 g/mol. The molecule has 1 amide bonds. The van der Waals surface area contributed by atoms with E-state index in [2.05, 4.69) is 27.5 Å². The molecule has 0 spiro atoms. The van der Waals surface area contributed by atoms with Crippen molar-refractivity contribution < 1.29 is 9.18 Å². The van der Waals surface area contributed by atoms with Gasteiger partial charge in [0.05, 0.1) is 22.5 Å². The second-order valence-corrected chi connectivity index (χ2v) is 6.27. The number of rotatable bonds is 2. The molecule has 2 aromatic rings. The van der Waals surface area contributed by atoms with Crippen LogP contribution >= 0.6 is 24.8 Å². The fourth-order valence-corrected chi connectivity index (χ4v) is 2.95. The lowest BCUT2D eigenvalue weighted by Gasteiger charge is -2.30. The van der Waals surface area contributed by atoms with Gasteiger partial charge >= 0.3 is 0 Å². The Morgan fingerprint density at radius 2 is 1.92 bits per heavy atom. The summed E-state index contributed by atoms with van der Waals surface area (Å²) in [5.74, 6) is -0.424. The third-order valence-corrected chi connectivity index (χ3v) is 4.49. The molecule has 2 N–H and O–H groups in total. The Bertz CT molecular complexity index is 772. The number of halogens is 3. The molecule has 1 fully saturated rings. The number of piperidine rings is 1. The van der Waals surface area contributed by atoms with E-state index in [1.165, 1.54) is 12.1 Å². The van der Waals surface area contributed by atoms with Crippen LogP contribution in [0.25, 0.3) is 11.0 Å². The number of carbonyl (C=O) groups is 1. The van der Waals surface area contributed by atoms with Gasteiger partial charge in [0, 0.05) is 12.1 Å². The molecule has 1 aromatic heterocycles. The summed E-state index contributed by atoms with van der Waals surface area (Å²) in [7, 11) is 0. The zero-order valence-electron chi connectivity index (χ0n) is 14.4. The minimum atomic E-state index is -0.474. The van der Waals surface area contributed by atoms with Crippen molar-refractivity contribution in [2.75, 3.05) is 13.1 Å². The molecule has 1 aromatic carbocycles. The molecule has 1 saturated heterocycles. The number of benzene rings is 1. The first-order valence-electron chi connectivity index (χ1n) is 7.92. The van der Waals surface area contributed by atoms with Gasteiger partial charge < -0.3 is 10.6 Å². The number of amides is 1. The zero-order chi connectivity index (χ0) is 16.6. The smallest absolute Gasteiger partial charge is 0.253 e. The first-order chi connectivity index (χ1) is 11.0. The molecule has 2 heterocycles. The Balaban J connectivity index is 0.00000156. The van der Waals surface area contributed by atoms with Crippen molar-refractivity contribution in [3.05, 3.63) is 34.9 Å². The molecule has 25 heavy (non-hydrogen) atoms. The number of hydrogen-bond acceptors (Lipinski definition) is 4. The van der Waals surface area contributed by atoms with Gasteiger partial charge in [0.25, 0.3) is 5.91 Å². The molecule has 5 nitrogen and oxygen atoms in total. The van der Waals surface area contributed by atoms with Crippen LogP contribution in [0.1, 0.15) is 35.1 Å². The first kappa shape index (κ1) is 21.5. The lowest BCUT2D eigenvalue weighted by atomic mass is 9.95. The first-order valence-corrected chi connectivity index (χ1v) is 7.92. The molecule has 2 unspecified atom stereocenters.